The van der Waals surface area contributed by atoms with Crippen LogP contribution < -0.4 is 10.2 Å². The second-order valence-electron chi connectivity index (χ2n) is 7.12. The molecule has 1 aliphatic rings. The summed E-state index contributed by atoms with van der Waals surface area (Å²) in [5, 5.41) is 7.76. The molecule has 1 amide bonds. The van der Waals surface area contributed by atoms with Crippen molar-refractivity contribution >= 4 is 17.4 Å². The minimum absolute atomic E-state index is 0.216. The van der Waals surface area contributed by atoms with Gasteiger partial charge in [0.05, 0.1) is 18.1 Å². The maximum Gasteiger partial charge on any atom is 0.226 e. The predicted molar refractivity (Wildman–Crippen MR) is 109 cm³/mol. The van der Waals surface area contributed by atoms with Gasteiger partial charge in [0.1, 0.15) is 5.82 Å². The number of aryl methyl sites for hydroxylation is 2. The Morgan fingerprint density at radius 1 is 1.11 bits per heavy atom. The summed E-state index contributed by atoms with van der Waals surface area (Å²) in [5.74, 6) is 1.60. The monoisotopic (exact) mass is 376 g/mol. The van der Waals surface area contributed by atoms with Crippen molar-refractivity contribution in [3.63, 3.8) is 0 Å². The van der Waals surface area contributed by atoms with Crippen molar-refractivity contribution in [2.24, 2.45) is 0 Å². The second kappa shape index (κ2) is 7.80. The maximum absolute atomic E-state index is 12.1. The zero-order valence-electron chi connectivity index (χ0n) is 16.2. The van der Waals surface area contributed by atoms with Gasteiger partial charge < -0.3 is 10.2 Å². The quantitative estimate of drug-likeness (QED) is 0.738. The molecule has 7 nitrogen and oxygen atoms in total. The van der Waals surface area contributed by atoms with Crippen LogP contribution in [0.3, 0.4) is 0 Å². The van der Waals surface area contributed by atoms with Gasteiger partial charge in [-0.2, -0.15) is 5.10 Å². The van der Waals surface area contributed by atoms with Crippen molar-refractivity contribution in [3.8, 4) is 5.82 Å². The molecule has 0 spiro atoms. The number of hydrogen-bond acceptors (Lipinski definition) is 5. The van der Waals surface area contributed by atoms with E-state index in [1.807, 2.05) is 49.1 Å². The minimum Gasteiger partial charge on any atom is -0.365 e. The van der Waals surface area contributed by atoms with Gasteiger partial charge in [-0.15, -0.1) is 0 Å². The molecule has 0 saturated carbocycles. The Bertz CT molecular complexity index is 979. The summed E-state index contributed by atoms with van der Waals surface area (Å²) < 4.78 is 1.79. The number of anilines is 2. The first kappa shape index (κ1) is 18.2. The molecule has 1 N–H and O–H groups in total. The number of rotatable bonds is 5. The molecule has 144 valence electrons. The van der Waals surface area contributed by atoms with Crippen molar-refractivity contribution in [3.05, 3.63) is 59.7 Å². The fraction of sp³-hybridized carbons (Fsp3) is 0.333. The van der Waals surface area contributed by atoms with Gasteiger partial charge in [-0.25, -0.2) is 9.67 Å². The average molecular weight is 376 g/mol. The molecular formula is C21H24N6O. The third-order valence-corrected chi connectivity index (χ3v) is 4.89. The molecule has 28 heavy (non-hydrogen) atoms. The van der Waals surface area contributed by atoms with Crippen LogP contribution in [0.25, 0.3) is 5.82 Å². The molecule has 3 heterocycles. The number of carbonyl (C=O) groups excluding carboxylic acids is 1. The third kappa shape index (κ3) is 3.88. The standard InChI is InChI=1S/C21H24N6O/c1-15-11-16(2)27(25-15)20-14-22-13-19(24-20)23-12-17-6-8-18(9-7-17)26-10-4-3-5-21(26)28/h6-9,11,13-14H,3-5,10,12H2,1-2H3,(H,23,24). The van der Waals surface area contributed by atoms with Crippen molar-refractivity contribution in [1.29, 1.82) is 0 Å². The van der Waals surface area contributed by atoms with E-state index in [1.165, 1.54) is 0 Å². The summed E-state index contributed by atoms with van der Waals surface area (Å²) >= 11 is 0. The molecule has 4 rings (SSSR count). The highest BCUT2D eigenvalue weighted by Gasteiger charge is 2.19. The topological polar surface area (TPSA) is 75.9 Å². The minimum atomic E-state index is 0.216. The highest BCUT2D eigenvalue weighted by molar-refractivity contribution is 5.93. The number of aromatic nitrogens is 4. The van der Waals surface area contributed by atoms with Crippen LogP contribution in [-0.4, -0.2) is 32.2 Å². The van der Waals surface area contributed by atoms with Crippen LogP contribution in [0.2, 0.25) is 0 Å². The summed E-state index contributed by atoms with van der Waals surface area (Å²) in [6.45, 7) is 5.39. The molecule has 0 aliphatic carbocycles. The van der Waals surface area contributed by atoms with Gasteiger partial charge in [-0.3, -0.25) is 9.78 Å². The fourth-order valence-electron chi connectivity index (χ4n) is 3.47. The second-order valence-corrected chi connectivity index (χ2v) is 7.12. The summed E-state index contributed by atoms with van der Waals surface area (Å²) in [6, 6.07) is 10.1. The molecule has 2 aromatic heterocycles. The van der Waals surface area contributed by atoms with E-state index >= 15 is 0 Å². The first-order valence-electron chi connectivity index (χ1n) is 9.59. The zero-order valence-corrected chi connectivity index (χ0v) is 16.2. The lowest BCUT2D eigenvalue weighted by Gasteiger charge is -2.26. The van der Waals surface area contributed by atoms with E-state index in [4.69, 9.17) is 0 Å². The fourth-order valence-corrected chi connectivity index (χ4v) is 3.47. The van der Waals surface area contributed by atoms with Gasteiger partial charge in [-0.05, 0) is 50.5 Å². The van der Waals surface area contributed by atoms with E-state index in [0.717, 1.165) is 42.0 Å². The molecule has 7 heteroatoms. The summed E-state index contributed by atoms with van der Waals surface area (Å²) in [6.07, 6.45) is 6.12. The van der Waals surface area contributed by atoms with Crippen LogP contribution in [0.15, 0.2) is 42.7 Å². The Labute approximate surface area is 164 Å². The van der Waals surface area contributed by atoms with Crippen LogP contribution in [0.1, 0.15) is 36.2 Å². The Balaban J connectivity index is 1.43. The van der Waals surface area contributed by atoms with Crippen LogP contribution in [0.5, 0.6) is 0 Å². The molecule has 1 aromatic carbocycles. The van der Waals surface area contributed by atoms with Crippen LogP contribution in [-0.2, 0) is 11.3 Å². The van der Waals surface area contributed by atoms with Crippen molar-refractivity contribution in [2.45, 2.75) is 39.7 Å². The number of nitrogens with zero attached hydrogens (tertiary/aromatic N) is 5. The van der Waals surface area contributed by atoms with E-state index in [1.54, 1.807) is 17.1 Å². The SMILES string of the molecule is Cc1cc(C)n(-c2cncc(NCc3ccc(N4CCCCC4=O)cc3)n2)n1. The highest BCUT2D eigenvalue weighted by atomic mass is 16.2. The highest BCUT2D eigenvalue weighted by Crippen LogP contribution is 2.21. The summed E-state index contributed by atoms with van der Waals surface area (Å²) in [7, 11) is 0. The van der Waals surface area contributed by atoms with E-state index in [0.29, 0.717) is 24.6 Å². The number of hydrogen-bond donors (Lipinski definition) is 1. The van der Waals surface area contributed by atoms with Crippen molar-refractivity contribution < 1.29 is 4.79 Å². The number of piperidine rings is 1. The lowest BCUT2D eigenvalue weighted by atomic mass is 10.1. The van der Waals surface area contributed by atoms with Gasteiger partial charge >= 0.3 is 0 Å². The van der Waals surface area contributed by atoms with Crippen molar-refractivity contribution in [2.75, 3.05) is 16.8 Å². The molecule has 0 unspecified atom stereocenters. The van der Waals surface area contributed by atoms with E-state index in [2.05, 4.69) is 20.4 Å². The largest absolute Gasteiger partial charge is 0.365 e. The van der Waals surface area contributed by atoms with E-state index in [-0.39, 0.29) is 5.91 Å². The van der Waals surface area contributed by atoms with Gasteiger partial charge in [0, 0.05) is 30.9 Å². The number of benzene rings is 1. The van der Waals surface area contributed by atoms with Gasteiger partial charge in [0.25, 0.3) is 0 Å². The third-order valence-electron chi connectivity index (χ3n) is 4.89. The predicted octanol–water partition coefficient (Wildman–Crippen LogP) is 3.41. The number of nitrogens with one attached hydrogen (secondary N) is 1. The Morgan fingerprint density at radius 2 is 1.93 bits per heavy atom. The van der Waals surface area contributed by atoms with Gasteiger partial charge in [-0.1, -0.05) is 12.1 Å². The molecule has 0 atom stereocenters. The lowest BCUT2D eigenvalue weighted by Crippen LogP contribution is -2.35. The number of carbonyl (C=O) groups is 1. The van der Waals surface area contributed by atoms with E-state index < -0.39 is 0 Å². The molecule has 1 fully saturated rings. The summed E-state index contributed by atoms with van der Waals surface area (Å²) in [5.41, 5.74) is 4.06. The first-order valence-corrected chi connectivity index (χ1v) is 9.59. The van der Waals surface area contributed by atoms with Crippen LogP contribution in [0.4, 0.5) is 11.5 Å². The zero-order chi connectivity index (χ0) is 19.5. The molecule has 0 bridgehead atoms. The van der Waals surface area contributed by atoms with E-state index in [9.17, 15) is 4.79 Å². The van der Waals surface area contributed by atoms with Crippen LogP contribution >= 0.6 is 0 Å². The Hall–Kier alpha value is -3.22. The molecule has 1 saturated heterocycles. The van der Waals surface area contributed by atoms with Crippen molar-refractivity contribution in [1.82, 2.24) is 19.7 Å². The maximum atomic E-state index is 12.1. The van der Waals surface area contributed by atoms with Crippen LogP contribution in [0, 0.1) is 13.8 Å². The molecule has 3 aromatic rings. The summed E-state index contributed by atoms with van der Waals surface area (Å²) in [4.78, 5) is 22.8. The lowest BCUT2D eigenvalue weighted by molar-refractivity contribution is -0.119. The average Bonchev–Trinajstić information content (AvgIpc) is 3.06. The van der Waals surface area contributed by atoms with Gasteiger partial charge in [0.15, 0.2) is 5.82 Å². The number of amides is 1. The Kier molecular flexibility index (Phi) is 5.06. The normalized spacial score (nSPS) is 14.4. The molecular weight excluding hydrogens is 352 g/mol. The Morgan fingerprint density at radius 3 is 2.64 bits per heavy atom. The smallest absolute Gasteiger partial charge is 0.226 e. The molecule has 1 aliphatic heterocycles. The van der Waals surface area contributed by atoms with Gasteiger partial charge in [0.2, 0.25) is 5.91 Å². The molecule has 0 radical (unpaired) electrons. The first-order chi connectivity index (χ1) is 13.6.